The van der Waals surface area contributed by atoms with Gasteiger partial charge in [-0.2, -0.15) is 0 Å². The van der Waals surface area contributed by atoms with E-state index in [1.807, 2.05) is 48.5 Å². The molecular formula is C19H23NO3S. The first-order chi connectivity index (χ1) is 11.6. The highest BCUT2D eigenvalue weighted by atomic mass is 32.2. The van der Waals surface area contributed by atoms with Crippen molar-refractivity contribution in [2.45, 2.75) is 24.0 Å². The Morgan fingerprint density at radius 1 is 1.08 bits per heavy atom. The first kappa shape index (κ1) is 18.2. The van der Waals surface area contributed by atoms with Gasteiger partial charge < -0.3 is 14.8 Å². The highest BCUT2D eigenvalue weighted by Gasteiger charge is 2.12. The Labute approximate surface area is 147 Å². The molecule has 0 aliphatic rings. The lowest BCUT2D eigenvalue weighted by molar-refractivity contribution is 0.0944. The molecule has 128 valence electrons. The van der Waals surface area contributed by atoms with Gasteiger partial charge in [0, 0.05) is 10.1 Å². The highest BCUT2D eigenvalue weighted by molar-refractivity contribution is 8.00. The smallest absolute Gasteiger partial charge is 0.252 e. The van der Waals surface area contributed by atoms with E-state index >= 15 is 0 Å². The zero-order valence-electron chi connectivity index (χ0n) is 14.2. The number of carbonyl (C=O) groups excluding carboxylic acids is 1. The van der Waals surface area contributed by atoms with Crippen LogP contribution in [0.4, 0.5) is 0 Å². The summed E-state index contributed by atoms with van der Waals surface area (Å²) in [6.07, 6.45) is 0. The molecule has 0 aliphatic carbocycles. The molecule has 2 rings (SSSR count). The lowest BCUT2D eigenvalue weighted by Gasteiger charge is -2.13. The minimum Gasteiger partial charge on any atom is -0.493 e. The molecule has 0 aromatic heterocycles. The van der Waals surface area contributed by atoms with Gasteiger partial charge in [-0.05, 0) is 24.3 Å². The molecule has 0 saturated carbocycles. The van der Waals surface area contributed by atoms with Crippen LogP contribution in [0.25, 0.3) is 0 Å². The van der Waals surface area contributed by atoms with Crippen LogP contribution in [0.15, 0.2) is 53.4 Å². The monoisotopic (exact) mass is 345 g/mol. The van der Waals surface area contributed by atoms with E-state index < -0.39 is 0 Å². The molecule has 0 fully saturated rings. The third-order valence-electron chi connectivity index (χ3n) is 3.21. The molecule has 1 amide bonds. The zero-order valence-corrected chi connectivity index (χ0v) is 15.1. The Morgan fingerprint density at radius 3 is 2.46 bits per heavy atom. The average Bonchev–Trinajstić information content (AvgIpc) is 2.58. The van der Waals surface area contributed by atoms with Gasteiger partial charge in [0.1, 0.15) is 6.61 Å². The van der Waals surface area contributed by atoms with Crippen molar-refractivity contribution < 1.29 is 14.3 Å². The third kappa shape index (κ3) is 5.20. The maximum atomic E-state index is 12.4. The third-order valence-corrected chi connectivity index (χ3v) is 4.29. The van der Waals surface area contributed by atoms with Gasteiger partial charge in [0.25, 0.3) is 5.91 Å². The molecule has 0 radical (unpaired) electrons. The molecule has 0 bridgehead atoms. The molecule has 0 unspecified atom stereocenters. The molecule has 0 saturated heterocycles. The summed E-state index contributed by atoms with van der Waals surface area (Å²) in [5.41, 5.74) is 0.702. The van der Waals surface area contributed by atoms with Crippen molar-refractivity contribution in [2.75, 3.05) is 20.3 Å². The molecule has 4 nitrogen and oxygen atoms in total. The maximum Gasteiger partial charge on any atom is 0.252 e. The van der Waals surface area contributed by atoms with Crippen molar-refractivity contribution in [1.82, 2.24) is 5.32 Å². The second kappa shape index (κ2) is 9.23. The number of rotatable bonds is 8. The summed E-state index contributed by atoms with van der Waals surface area (Å²) in [4.78, 5) is 13.4. The average molecular weight is 345 g/mol. The van der Waals surface area contributed by atoms with Crippen molar-refractivity contribution in [1.29, 1.82) is 0 Å². The first-order valence-electron chi connectivity index (χ1n) is 7.91. The lowest BCUT2D eigenvalue weighted by atomic mass is 10.2. The van der Waals surface area contributed by atoms with Crippen molar-refractivity contribution in [2.24, 2.45) is 0 Å². The number of methoxy groups -OCH3 is 1. The number of carbonyl (C=O) groups is 1. The molecule has 2 aromatic carbocycles. The van der Waals surface area contributed by atoms with E-state index in [0.717, 1.165) is 4.90 Å². The normalized spacial score (nSPS) is 10.5. The van der Waals surface area contributed by atoms with E-state index in [1.54, 1.807) is 18.9 Å². The predicted octanol–water partition coefficient (Wildman–Crippen LogP) is 4.00. The summed E-state index contributed by atoms with van der Waals surface area (Å²) >= 11 is 1.69. The van der Waals surface area contributed by atoms with Crippen LogP contribution >= 0.6 is 11.8 Å². The molecule has 0 aliphatic heterocycles. The van der Waals surface area contributed by atoms with Crippen molar-refractivity contribution in [3.8, 4) is 11.5 Å². The summed E-state index contributed by atoms with van der Waals surface area (Å²) in [6.45, 7) is 5.03. The number of amides is 1. The SMILES string of the molecule is COc1ccccc1OCCNC(=O)c1ccccc1SC(C)C. The minimum atomic E-state index is -0.0811. The molecule has 24 heavy (non-hydrogen) atoms. The predicted molar refractivity (Wildman–Crippen MR) is 98.3 cm³/mol. The molecule has 2 aromatic rings. The van der Waals surface area contributed by atoms with Gasteiger partial charge in [-0.1, -0.05) is 38.1 Å². The van der Waals surface area contributed by atoms with Crippen LogP contribution in [0, 0.1) is 0 Å². The van der Waals surface area contributed by atoms with Crippen molar-refractivity contribution in [3.05, 3.63) is 54.1 Å². The van der Waals surface area contributed by atoms with E-state index in [-0.39, 0.29) is 5.91 Å². The highest BCUT2D eigenvalue weighted by Crippen LogP contribution is 2.27. The number of benzene rings is 2. The number of para-hydroxylation sites is 2. The van der Waals surface area contributed by atoms with Crippen LogP contribution in [0.2, 0.25) is 0 Å². The largest absolute Gasteiger partial charge is 0.493 e. The van der Waals surface area contributed by atoms with Gasteiger partial charge in [-0.15, -0.1) is 11.8 Å². The van der Waals surface area contributed by atoms with E-state index in [9.17, 15) is 4.79 Å². The fraction of sp³-hybridized carbons (Fsp3) is 0.316. The maximum absolute atomic E-state index is 12.4. The van der Waals surface area contributed by atoms with E-state index in [2.05, 4.69) is 19.2 Å². The van der Waals surface area contributed by atoms with Gasteiger partial charge in [0.2, 0.25) is 0 Å². The van der Waals surface area contributed by atoms with Crippen molar-refractivity contribution in [3.63, 3.8) is 0 Å². The zero-order chi connectivity index (χ0) is 17.4. The standard InChI is InChI=1S/C19H23NO3S/c1-14(2)24-18-11-7-4-8-15(18)19(21)20-12-13-23-17-10-6-5-9-16(17)22-3/h4-11,14H,12-13H2,1-3H3,(H,20,21). The molecule has 0 atom stereocenters. The number of ether oxygens (including phenoxy) is 2. The number of hydrogen-bond donors (Lipinski definition) is 1. The number of nitrogens with one attached hydrogen (secondary N) is 1. The van der Waals surface area contributed by atoms with Gasteiger partial charge in [0.15, 0.2) is 11.5 Å². The molecule has 1 N–H and O–H groups in total. The summed E-state index contributed by atoms with van der Waals surface area (Å²) in [6, 6.07) is 15.1. The fourth-order valence-corrected chi connectivity index (χ4v) is 3.12. The van der Waals surface area contributed by atoms with Gasteiger partial charge in [-0.25, -0.2) is 0 Å². The quantitative estimate of drug-likeness (QED) is 0.580. The second-order valence-electron chi connectivity index (χ2n) is 5.42. The lowest BCUT2D eigenvalue weighted by Crippen LogP contribution is -2.28. The van der Waals surface area contributed by atoms with Crippen LogP contribution in [-0.2, 0) is 0 Å². The molecular weight excluding hydrogens is 322 g/mol. The van der Waals surface area contributed by atoms with Crippen LogP contribution < -0.4 is 14.8 Å². The van der Waals surface area contributed by atoms with E-state index in [0.29, 0.717) is 35.5 Å². The second-order valence-corrected chi connectivity index (χ2v) is 7.04. The molecule has 0 spiro atoms. The van der Waals surface area contributed by atoms with Gasteiger partial charge in [0.05, 0.1) is 19.2 Å². The Morgan fingerprint density at radius 2 is 1.75 bits per heavy atom. The Hall–Kier alpha value is -2.14. The number of thioether (sulfide) groups is 1. The summed E-state index contributed by atoms with van der Waals surface area (Å²) < 4.78 is 10.9. The van der Waals surface area contributed by atoms with Crippen LogP contribution in [-0.4, -0.2) is 31.4 Å². The molecule has 5 heteroatoms. The number of hydrogen-bond acceptors (Lipinski definition) is 4. The van der Waals surface area contributed by atoms with Gasteiger partial charge >= 0.3 is 0 Å². The van der Waals surface area contributed by atoms with Gasteiger partial charge in [-0.3, -0.25) is 4.79 Å². The fourth-order valence-electron chi connectivity index (χ4n) is 2.17. The first-order valence-corrected chi connectivity index (χ1v) is 8.79. The Kier molecular flexibility index (Phi) is 7.00. The summed E-state index contributed by atoms with van der Waals surface area (Å²) in [7, 11) is 1.60. The minimum absolute atomic E-state index is 0.0811. The Bertz CT molecular complexity index is 673. The van der Waals surface area contributed by atoms with Crippen LogP contribution in [0.5, 0.6) is 11.5 Å². The Balaban J connectivity index is 1.88. The van der Waals surface area contributed by atoms with Crippen LogP contribution in [0.3, 0.4) is 0 Å². The van der Waals surface area contributed by atoms with E-state index in [1.165, 1.54) is 0 Å². The molecule has 0 heterocycles. The summed E-state index contributed by atoms with van der Waals surface area (Å²) in [5.74, 6) is 1.27. The van der Waals surface area contributed by atoms with Crippen molar-refractivity contribution >= 4 is 17.7 Å². The topological polar surface area (TPSA) is 47.6 Å². The van der Waals surface area contributed by atoms with E-state index in [4.69, 9.17) is 9.47 Å². The summed E-state index contributed by atoms with van der Waals surface area (Å²) in [5, 5.41) is 3.33. The van der Waals surface area contributed by atoms with Crippen LogP contribution in [0.1, 0.15) is 24.2 Å².